The van der Waals surface area contributed by atoms with Crippen LogP contribution in [-0.4, -0.2) is 62.2 Å². The van der Waals surface area contributed by atoms with Crippen molar-refractivity contribution in [2.45, 2.75) is 51.1 Å². The molecule has 2 aliphatic rings. The standard InChI is InChI=1S/C15H31N3/c1-4-16-14-5-6-15(11-14)18(3)12-13-7-9-17(2)10-8-13/h13-16H,4-12H2,1-3H3. The minimum absolute atomic E-state index is 0.778. The molecule has 1 N–H and O–H groups in total. The van der Waals surface area contributed by atoms with Crippen molar-refractivity contribution < 1.29 is 0 Å². The molecule has 2 atom stereocenters. The van der Waals surface area contributed by atoms with E-state index in [1.54, 1.807) is 0 Å². The molecular formula is C15H31N3. The van der Waals surface area contributed by atoms with Crippen LogP contribution in [0.25, 0.3) is 0 Å². The summed E-state index contributed by atoms with van der Waals surface area (Å²) in [7, 11) is 4.59. The van der Waals surface area contributed by atoms with E-state index in [9.17, 15) is 0 Å². The quantitative estimate of drug-likeness (QED) is 0.806. The summed E-state index contributed by atoms with van der Waals surface area (Å²) in [6.07, 6.45) is 6.91. The lowest BCUT2D eigenvalue weighted by Gasteiger charge is -2.34. The lowest BCUT2D eigenvalue weighted by atomic mass is 9.96. The Bertz CT molecular complexity index is 236. The van der Waals surface area contributed by atoms with Gasteiger partial charge in [0, 0.05) is 18.6 Å². The van der Waals surface area contributed by atoms with Crippen LogP contribution in [0.4, 0.5) is 0 Å². The van der Waals surface area contributed by atoms with E-state index >= 15 is 0 Å². The number of nitrogens with one attached hydrogen (secondary N) is 1. The van der Waals surface area contributed by atoms with Gasteiger partial charge in [0.1, 0.15) is 0 Å². The molecule has 0 spiro atoms. The number of likely N-dealkylation sites (tertiary alicyclic amines) is 1. The largest absolute Gasteiger partial charge is 0.314 e. The molecule has 106 valence electrons. The molecule has 18 heavy (non-hydrogen) atoms. The molecule has 0 aromatic heterocycles. The third-order valence-electron chi connectivity index (χ3n) is 4.91. The van der Waals surface area contributed by atoms with Gasteiger partial charge in [0.05, 0.1) is 0 Å². The van der Waals surface area contributed by atoms with Crippen LogP contribution >= 0.6 is 0 Å². The minimum atomic E-state index is 0.778. The van der Waals surface area contributed by atoms with Crippen molar-refractivity contribution in [3.63, 3.8) is 0 Å². The predicted molar refractivity (Wildman–Crippen MR) is 78.0 cm³/mol. The molecule has 0 radical (unpaired) electrons. The highest BCUT2D eigenvalue weighted by Gasteiger charge is 2.28. The van der Waals surface area contributed by atoms with Crippen LogP contribution in [-0.2, 0) is 0 Å². The molecule has 1 heterocycles. The van der Waals surface area contributed by atoms with Gasteiger partial charge in [-0.05, 0) is 71.8 Å². The Kier molecular flexibility index (Phi) is 5.46. The molecule has 2 unspecified atom stereocenters. The Morgan fingerprint density at radius 1 is 1.17 bits per heavy atom. The first kappa shape index (κ1) is 14.3. The fourth-order valence-corrected chi connectivity index (χ4v) is 3.63. The van der Waals surface area contributed by atoms with Gasteiger partial charge < -0.3 is 15.1 Å². The van der Waals surface area contributed by atoms with E-state index in [1.807, 2.05) is 0 Å². The van der Waals surface area contributed by atoms with Gasteiger partial charge in [-0.1, -0.05) is 6.92 Å². The zero-order valence-corrected chi connectivity index (χ0v) is 12.5. The van der Waals surface area contributed by atoms with Gasteiger partial charge in [0.2, 0.25) is 0 Å². The van der Waals surface area contributed by atoms with Crippen LogP contribution in [0.1, 0.15) is 39.0 Å². The first-order valence-corrected chi connectivity index (χ1v) is 7.81. The Balaban J connectivity index is 1.70. The summed E-state index contributed by atoms with van der Waals surface area (Å²) in [6, 6.07) is 1.61. The maximum atomic E-state index is 3.61. The molecule has 0 bridgehead atoms. The third-order valence-corrected chi connectivity index (χ3v) is 4.91. The predicted octanol–water partition coefficient (Wildman–Crippen LogP) is 1.79. The summed E-state index contributed by atoms with van der Waals surface area (Å²) in [4.78, 5) is 5.11. The molecule has 1 aliphatic carbocycles. The second-order valence-electron chi connectivity index (χ2n) is 6.41. The number of hydrogen-bond acceptors (Lipinski definition) is 3. The zero-order chi connectivity index (χ0) is 13.0. The summed E-state index contributed by atoms with van der Waals surface area (Å²) in [5, 5.41) is 3.61. The van der Waals surface area contributed by atoms with Gasteiger partial charge in [-0.3, -0.25) is 0 Å². The summed E-state index contributed by atoms with van der Waals surface area (Å²) in [6.45, 7) is 7.25. The first-order valence-electron chi connectivity index (χ1n) is 7.81. The smallest absolute Gasteiger partial charge is 0.0108 e. The van der Waals surface area contributed by atoms with Crippen LogP contribution in [0.15, 0.2) is 0 Å². The number of rotatable bonds is 5. The van der Waals surface area contributed by atoms with E-state index in [4.69, 9.17) is 0 Å². The molecular weight excluding hydrogens is 222 g/mol. The van der Waals surface area contributed by atoms with Crippen molar-refractivity contribution >= 4 is 0 Å². The van der Waals surface area contributed by atoms with Crippen molar-refractivity contribution in [2.75, 3.05) is 40.3 Å². The summed E-state index contributed by atoms with van der Waals surface area (Å²) < 4.78 is 0. The summed E-state index contributed by atoms with van der Waals surface area (Å²) in [5.74, 6) is 0.935. The van der Waals surface area contributed by atoms with Crippen molar-refractivity contribution in [3.05, 3.63) is 0 Å². The van der Waals surface area contributed by atoms with Gasteiger partial charge in [0.15, 0.2) is 0 Å². The second kappa shape index (κ2) is 6.88. The Labute approximate surface area is 113 Å². The lowest BCUT2D eigenvalue weighted by molar-refractivity contribution is 0.149. The van der Waals surface area contributed by atoms with Crippen molar-refractivity contribution in [3.8, 4) is 0 Å². The van der Waals surface area contributed by atoms with Crippen LogP contribution in [0.5, 0.6) is 0 Å². The maximum Gasteiger partial charge on any atom is 0.0108 e. The lowest BCUT2D eigenvalue weighted by Crippen LogP contribution is -2.39. The second-order valence-corrected chi connectivity index (χ2v) is 6.41. The monoisotopic (exact) mass is 253 g/mol. The molecule has 0 amide bonds. The molecule has 1 aliphatic heterocycles. The van der Waals surface area contributed by atoms with Crippen molar-refractivity contribution in [1.29, 1.82) is 0 Å². The van der Waals surface area contributed by atoms with Crippen LogP contribution < -0.4 is 5.32 Å². The molecule has 1 saturated heterocycles. The fourth-order valence-electron chi connectivity index (χ4n) is 3.63. The molecule has 2 rings (SSSR count). The highest BCUT2D eigenvalue weighted by molar-refractivity contribution is 4.86. The Morgan fingerprint density at radius 2 is 1.89 bits per heavy atom. The normalized spacial score (nSPS) is 31.3. The van der Waals surface area contributed by atoms with E-state index in [1.165, 1.54) is 51.7 Å². The van der Waals surface area contributed by atoms with Crippen molar-refractivity contribution in [1.82, 2.24) is 15.1 Å². The molecule has 3 nitrogen and oxygen atoms in total. The number of nitrogens with zero attached hydrogens (tertiary/aromatic N) is 2. The average Bonchev–Trinajstić information content (AvgIpc) is 2.81. The molecule has 0 aromatic rings. The van der Waals surface area contributed by atoms with Gasteiger partial charge in [-0.15, -0.1) is 0 Å². The van der Waals surface area contributed by atoms with Crippen molar-refractivity contribution in [2.24, 2.45) is 5.92 Å². The number of piperidine rings is 1. The minimum Gasteiger partial charge on any atom is -0.314 e. The SMILES string of the molecule is CCNC1CCC(N(C)CC2CCN(C)CC2)C1. The van der Waals surface area contributed by atoms with Gasteiger partial charge in [0.25, 0.3) is 0 Å². The van der Waals surface area contributed by atoms with E-state index in [0.29, 0.717) is 0 Å². The topological polar surface area (TPSA) is 18.5 Å². The molecule has 3 heteroatoms. The fraction of sp³-hybridized carbons (Fsp3) is 1.00. The van der Waals surface area contributed by atoms with E-state index in [-0.39, 0.29) is 0 Å². The van der Waals surface area contributed by atoms with E-state index in [0.717, 1.165) is 24.5 Å². The Hall–Kier alpha value is -0.120. The Morgan fingerprint density at radius 3 is 2.56 bits per heavy atom. The highest BCUT2D eigenvalue weighted by atomic mass is 15.2. The molecule has 2 fully saturated rings. The first-order chi connectivity index (χ1) is 8.69. The number of hydrogen-bond donors (Lipinski definition) is 1. The van der Waals surface area contributed by atoms with Gasteiger partial charge >= 0.3 is 0 Å². The summed E-state index contributed by atoms with van der Waals surface area (Å²) in [5.41, 5.74) is 0. The van der Waals surface area contributed by atoms with Gasteiger partial charge in [-0.2, -0.15) is 0 Å². The highest BCUT2D eigenvalue weighted by Crippen LogP contribution is 2.25. The maximum absolute atomic E-state index is 3.61. The van der Waals surface area contributed by atoms with Crippen LogP contribution in [0.2, 0.25) is 0 Å². The van der Waals surface area contributed by atoms with E-state index < -0.39 is 0 Å². The molecule has 1 saturated carbocycles. The summed E-state index contributed by atoms with van der Waals surface area (Å²) >= 11 is 0. The van der Waals surface area contributed by atoms with Crippen LogP contribution in [0, 0.1) is 5.92 Å². The molecule has 0 aromatic carbocycles. The van der Waals surface area contributed by atoms with E-state index in [2.05, 4.69) is 36.1 Å². The van der Waals surface area contributed by atoms with Crippen LogP contribution in [0.3, 0.4) is 0 Å². The third kappa shape index (κ3) is 3.94. The van der Waals surface area contributed by atoms with Gasteiger partial charge in [-0.25, -0.2) is 0 Å². The zero-order valence-electron chi connectivity index (χ0n) is 12.5. The average molecular weight is 253 g/mol.